The summed E-state index contributed by atoms with van der Waals surface area (Å²) in [7, 11) is 1.07. The molecule has 0 aliphatic carbocycles. The number of nitrogens with one attached hydrogen (secondary N) is 1. The second-order valence-corrected chi connectivity index (χ2v) is 2.97. The summed E-state index contributed by atoms with van der Waals surface area (Å²) in [6.45, 7) is 2.11. The van der Waals surface area contributed by atoms with Gasteiger partial charge in [0.15, 0.2) is 6.04 Å². The number of amides is 1. The van der Waals surface area contributed by atoms with Crippen LogP contribution in [0.15, 0.2) is 0 Å². The van der Waals surface area contributed by atoms with E-state index in [9.17, 15) is 14.0 Å². The Hall–Kier alpha value is -1.33. The lowest BCUT2D eigenvalue weighted by Gasteiger charge is -2.23. The summed E-state index contributed by atoms with van der Waals surface area (Å²) in [5.74, 6) is -1.45. The Bertz CT molecular complexity index is 211. The first-order chi connectivity index (χ1) is 5.79. The fraction of sp³-hybridized carbons (Fsp3) is 0.714. The minimum Gasteiger partial charge on any atom is -0.480 e. The van der Waals surface area contributed by atoms with E-state index in [0.717, 1.165) is 21.0 Å². The number of alkyl carbamates (subject to hydrolysis) is 1. The molecule has 0 spiro atoms. The smallest absolute Gasteiger partial charge is 0.407 e. The number of ether oxygens (including phenoxy) is 1. The van der Waals surface area contributed by atoms with Gasteiger partial charge in [-0.15, -0.1) is 0 Å². The van der Waals surface area contributed by atoms with Gasteiger partial charge in [-0.05, 0) is 13.8 Å². The number of carbonyl (C=O) groups is 2. The minimum absolute atomic E-state index is 0.974. The van der Waals surface area contributed by atoms with Crippen LogP contribution < -0.4 is 5.32 Å². The predicted molar refractivity (Wildman–Crippen MR) is 42.2 cm³/mol. The third-order valence-electron chi connectivity index (χ3n) is 1.38. The van der Waals surface area contributed by atoms with E-state index in [1.165, 1.54) is 0 Å². The SMILES string of the molecule is COC(=O)N[C@H](C(=O)O)C(C)(C)F. The molecule has 0 aliphatic rings. The second kappa shape index (κ2) is 4.06. The van der Waals surface area contributed by atoms with Crippen molar-refractivity contribution in [3.63, 3.8) is 0 Å². The monoisotopic (exact) mass is 193 g/mol. The van der Waals surface area contributed by atoms with E-state index in [1.807, 2.05) is 5.32 Å². The molecule has 2 N–H and O–H groups in total. The molecule has 0 heterocycles. The summed E-state index contributed by atoms with van der Waals surface area (Å²) in [6, 6.07) is -1.61. The number of carbonyl (C=O) groups excluding carboxylic acids is 1. The Morgan fingerprint density at radius 3 is 2.23 bits per heavy atom. The zero-order valence-corrected chi connectivity index (χ0v) is 7.63. The molecule has 5 nitrogen and oxygen atoms in total. The van der Waals surface area contributed by atoms with Crippen LogP contribution in [0.25, 0.3) is 0 Å². The van der Waals surface area contributed by atoms with Gasteiger partial charge in [-0.25, -0.2) is 14.0 Å². The first kappa shape index (κ1) is 11.7. The van der Waals surface area contributed by atoms with E-state index in [0.29, 0.717) is 0 Å². The molecule has 0 fully saturated rings. The maximum Gasteiger partial charge on any atom is 0.407 e. The van der Waals surface area contributed by atoms with Gasteiger partial charge in [-0.1, -0.05) is 0 Å². The van der Waals surface area contributed by atoms with Gasteiger partial charge in [-0.3, -0.25) is 0 Å². The molecule has 0 aromatic carbocycles. The molecular weight excluding hydrogens is 181 g/mol. The Morgan fingerprint density at radius 1 is 1.54 bits per heavy atom. The molecule has 0 rings (SSSR count). The summed E-state index contributed by atoms with van der Waals surface area (Å²) in [4.78, 5) is 21.1. The van der Waals surface area contributed by atoms with Gasteiger partial charge < -0.3 is 15.2 Å². The average Bonchev–Trinajstić information content (AvgIpc) is 1.96. The quantitative estimate of drug-likeness (QED) is 0.686. The number of carboxylic acid groups (broad SMARTS) is 1. The molecule has 0 saturated heterocycles. The van der Waals surface area contributed by atoms with Gasteiger partial charge in [0.2, 0.25) is 0 Å². The van der Waals surface area contributed by atoms with Crippen LogP contribution in [0.5, 0.6) is 0 Å². The summed E-state index contributed by atoms with van der Waals surface area (Å²) in [5, 5.41) is 10.4. The van der Waals surface area contributed by atoms with Crippen molar-refractivity contribution in [2.24, 2.45) is 0 Å². The predicted octanol–water partition coefficient (Wildman–Crippen LogP) is 0.544. The van der Waals surface area contributed by atoms with Gasteiger partial charge in [0.1, 0.15) is 5.67 Å². The number of alkyl halides is 1. The zero-order chi connectivity index (χ0) is 10.6. The fourth-order valence-electron chi connectivity index (χ4n) is 0.704. The molecule has 1 atom stereocenters. The van der Waals surface area contributed by atoms with Crippen LogP contribution >= 0.6 is 0 Å². The number of methoxy groups -OCH3 is 1. The summed E-state index contributed by atoms with van der Waals surface area (Å²) >= 11 is 0. The molecular formula is C7H12FNO4. The highest BCUT2D eigenvalue weighted by molar-refractivity contribution is 5.81. The van der Waals surface area contributed by atoms with Gasteiger partial charge in [-0.2, -0.15) is 0 Å². The van der Waals surface area contributed by atoms with Crippen LogP contribution in [0, 0.1) is 0 Å². The van der Waals surface area contributed by atoms with Crippen molar-refractivity contribution in [2.75, 3.05) is 7.11 Å². The van der Waals surface area contributed by atoms with Crippen molar-refractivity contribution >= 4 is 12.1 Å². The van der Waals surface area contributed by atoms with Gasteiger partial charge >= 0.3 is 12.1 Å². The van der Waals surface area contributed by atoms with E-state index in [1.54, 1.807) is 0 Å². The third kappa shape index (κ3) is 3.73. The van der Waals surface area contributed by atoms with E-state index in [-0.39, 0.29) is 0 Å². The van der Waals surface area contributed by atoms with Crippen molar-refractivity contribution in [2.45, 2.75) is 25.6 Å². The lowest BCUT2D eigenvalue weighted by molar-refractivity contribution is -0.142. The van der Waals surface area contributed by atoms with Crippen molar-refractivity contribution in [1.29, 1.82) is 0 Å². The van der Waals surface area contributed by atoms with Crippen molar-refractivity contribution < 1.29 is 23.8 Å². The molecule has 0 aromatic heterocycles. The molecule has 6 heteroatoms. The van der Waals surface area contributed by atoms with Crippen molar-refractivity contribution in [3.8, 4) is 0 Å². The number of carboxylic acids is 1. The van der Waals surface area contributed by atoms with Crippen LogP contribution in [0.2, 0.25) is 0 Å². The Balaban J connectivity index is 4.46. The van der Waals surface area contributed by atoms with Crippen molar-refractivity contribution in [3.05, 3.63) is 0 Å². The van der Waals surface area contributed by atoms with Gasteiger partial charge in [0, 0.05) is 0 Å². The van der Waals surface area contributed by atoms with Crippen LogP contribution in [0.3, 0.4) is 0 Å². The van der Waals surface area contributed by atoms with E-state index in [4.69, 9.17) is 5.11 Å². The van der Waals surface area contributed by atoms with E-state index < -0.39 is 23.8 Å². The number of aliphatic carboxylic acids is 1. The highest BCUT2D eigenvalue weighted by Gasteiger charge is 2.36. The second-order valence-electron chi connectivity index (χ2n) is 2.97. The van der Waals surface area contributed by atoms with Crippen LogP contribution in [0.1, 0.15) is 13.8 Å². The molecule has 0 saturated carbocycles. The van der Waals surface area contributed by atoms with Gasteiger partial charge in [0.25, 0.3) is 0 Å². The third-order valence-corrected chi connectivity index (χ3v) is 1.38. The largest absolute Gasteiger partial charge is 0.480 e. The molecule has 0 aliphatic heterocycles. The standard InChI is InChI=1S/C7H12FNO4/c1-7(2,8)4(5(10)11)9-6(12)13-3/h4H,1-3H3,(H,9,12)(H,10,11)/t4-/m1/s1. The summed E-state index contributed by atoms with van der Waals surface area (Å²) in [5.41, 5.74) is -2.04. The maximum absolute atomic E-state index is 13.1. The molecule has 1 amide bonds. The molecule has 76 valence electrons. The van der Waals surface area contributed by atoms with Crippen LogP contribution in [-0.4, -0.2) is 36.0 Å². The van der Waals surface area contributed by atoms with Crippen molar-refractivity contribution in [1.82, 2.24) is 5.32 Å². The first-order valence-corrected chi connectivity index (χ1v) is 3.55. The topological polar surface area (TPSA) is 75.6 Å². The van der Waals surface area contributed by atoms with E-state index in [2.05, 4.69) is 4.74 Å². The number of hydrogen-bond acceptors (Lipinski definition) is 3. The lowest BCUT2D eigenvalue weighted by atomic mass is 10.0. The highest BCUT2D eigenvalue weighted by atomic mass is 19.1. The summed E-state index contributed by atoms with van der Waals surface area (Å²) < 4.78 is 17.3. The minimum atomic E-state index is -2.04. The van der Waals surface area contributed by atoms with E-state index >= 15 is 0 Å². The lowest BCUT2D eigenvalue weighted by Crippen LogP contribution is -2.51. The number of halogens is 1. The Kier molecular flexibility index (Phi) is 3.65. The molecule has 0 aromatic rings. The number of hydrogen-bond donors (Lipinski definition) is 2. The average molecular weight is 193 g/mol. The molecule has 13 heavy (non-hydrogen) atoms. The first-order valence-electron chi connectivity index (χ1n) is 3.55. The summed E-state index contributed by atoms with van der Waals surface area (Å²) in [6.07, 6.45) is -0.974. The molecule has 0 unspecified atom stereocenters. The Labute approximate surface area is 74.9 Å². The zero-order valence-electron chi connectivity index (χ0n) is 7.63. The molecule has 0 bridgehead atoms. The maximum atomic E-state index is 13.1. The molecule has 0 radical (unpaired) electrons. The Morgan fingerprint density at radius 2 is 2.00 bits per heavy atom. The van der Waals surface area contributed by atoms with Gasteiger partial charge in [0.05, 0.1) is 7.11 Å². The highest BCUT2D eigenvalue weighted by Crippen LogP contribution is 2.14. The van der Waals surface area contributed by atoms with Crippen LogP contribution in [0.4, 0.5) is 9.18 Å². The van der Waals surface area contributed by atoms with Crippen LogP contribution in [-0.2, 0) is 9.53 Å². The fourth-order valence-corrected chi connectivity index (χ4v) is 0.704. The normalized spacial score (nSPS) is 13.2. The number of rotatable bonds is 3.